The maximum Gasteiger partial charge on any atom is 0.221 e. The smallest absolute Gasteiger partial charge is 0.221 e. The van der Waals surface area contributed by atoms with Gasteiger partial charge in [-0.05, 0) is 25.3 Å². The number of amides is 1. The van der Waals surface area contributed by atoms with Gasteiger partial charge in [0.2, 0.25) is 5.91 Å². The van der Waals surface area contributed by atoms with Crippen LogP contribution in [0.2, 0.25) is 0 Å². The molecule has 2 unspecified atom stereocenters. The standard InChI is InChI=1S/C12H24N2O/c1-3-13-9-8-12(15)14-11-7-5-4-6-10(11)2/h10-11,13H,3-9H2,1-2H3,(H,14,15). The number of carbonyl (C=O) groups is 1. The molecule has 3 heteroatoms. The van der Waals surface area contributed by atoms with Crippen molar-refractivity contribution in [2.45, 2.75) is 52.0 Å². The monoisotopic (exact) mass is 212 g/mol. The summed E-state index contributed by atoms with van der Waals surface area (Å²) in [5, 5.41) is 6.32. The van der Waals surface area contributed by atoms with E-state index in [2.05, 4.69) is 24.5 Å². The molecule has 0 aliphatic heterocycles. The third kappa shape index (κ3) is 4.65. The van der Waals surface area contributed by atoms with Gasteiger partial charge >= 0.3 is 0 Å². The van der Waals surface area contributed by atoms with Crippen LogP contribution in [0.4, 0.5) is 0 Å². The highest BCUT2D eigenvalue weighted by molar-refractivity contribution is 5.76. The van der Waals surface area contributed by atoms with Crippen LogP contribution >= 0.6 is 0 Å². The van der Waals surface area contributed by atoms with Gasteiger partial charge in [-0.15, -0.1) is 0 Å². The second-order valence-electron chi connectivity index (χ2n) is 4.54. The molecule has 15 heavy (non-hydrogen) atoms. The average Bonchev–Trinajstić information content (AvgIpc) is 2.22. The largest absolute Gasteiger partial charge is 0.353 e. The van der Waals surface area contributed by atoms with Crippen molar-refractivity contribution >= 4 is 5.91 Å². The molecular weight excluding hydrogens is 188 g/mol. The minimum atomic E-state index is 0.203. The predicted octanol–water partition coefficient (Wildman–Crippen LogP) is 1.68. The van der Waals surface area contributed by atoms with Crippen molar-refractivity contribution in [2.75, 3.05) is 13.1 Å². The summed E-state index contributed by atoms with van der Waals surface area (Å²) >= 11 is 0. The van der Waals surface area contributed by atoms with E-state index in [1.54, 1.807) is 0 Å². The summed E-state index contributed by atoms with van der Waals surface area (Å²) in [5.74, 6) is 0.858. The van der Waals surface area contributed by atoms with E-state index in [1.807, 2.05) is 0 Å². The van der Waals surface area contributed by atoms with Gasteiger partial charge in [0.1, 0.15) is 0 Å². The lowest BCUT2D eigenvalue weighted by Crippen LogP contribution is -2.41. The zero-order chi connectivity index (χ0) is 11.1. The van der Waals surface area contributed by atoms with E-state index in [9.17, 15) is 4.79 Å². The normalized spacial score (nSPS) is 26.3. The highest BCUT2D eigenvalue weighted by Gasteiger charge is 2.22. The van der Waals surface area contributed by atoms with Gasteiger partial charge in [-0.1, -0.05) is 26.7 Å². The lowest BCUT2D eigenvalue weighted by molar-refractivity contribution is -0.122. The predicted molar refractivity (Wildman–Crippen MR) is 62.7 cm³/mol. The van der Waals surface area contributed by atoms with Gasteiger partial charge in [0.05, 0.1) is 0 Å². The summed E-state index contributed by atoms with van der Waals surface area (Å²) in [5.41, 5.74) is 0. The van der Waals surface area contributed by atoms with E-state index in [0.717, 1.165) is 19.5 Å². The summed E-state index contributed by atoms with van der Waals surface area (Å²) in [6, 6.07) is 0.424. The van der Waals surface area contributed by atoms with Crippen LogP contribution in [0.25, 0.3) is 0 Å². The Hall–Kier alpha value is -0.570. The molecule has 3 nitrogen and oxygen atoms in total. The summed E-state index contributed by atoms with van der Waals surface area (Å²) in [6.07, 6.45) is 5.62. The molecule has 0 aromatic heterocycles. The summed E-state index contributed by atoms with van der Waals surface area (Å²) in [6.45, 7) is 6.03. The maximum atomic E-state index is 11.6. The molecule has 2 N–H and O–H groups in total. The Balaban J connectivity index is 2.18. The van der Waals surface area contributed by atoms with E-state index >= 15 is 0 Å². The molecular formula is C12H24N2O. The van der Waals surface area contributed by atoms with E-state index < -0.39 is 0 Å². The lowest BCUT2D eigenvalue weighted by Gasteiger charge is -2.29. The minimum Gasteiger partial charge on any atom is -0.353 e. The van der Waals surface area contributed by atoms with E-state index in [1.165, 1.54) is 19.3 Å². The maximum absolute atomic E-state index is 11.6. The summed E-state index contributed by atoms with van der Waals surface area (Å²) in [4.78, 5) is 11.6. The fraction of sp³-hybridized carbons (Fsp3) is 0.917. The van der Waals surface area contributed by atoms with Crippen LogP contribution in [0.15, 0.2) is 0 Å². The molecule has 0 heterocycles. The van der Waals surface area contributed by atoms with Crippen molar-refractivity contribution in [3.8, 4) is 0 Å². The molecule has 1 fully saturated rings. The van der Waals surface area contributed by atoms with Crippen molar-refractivity contribution in [3.05, 3.63) is 0 Å². The van der Waals surface area contributed by atoms with E-state index in [-0.39, 0.29) is 5.91 Å². The molecule has 1 amide bonds. The van der Waals surface area contributed by atoms with Crippen LogP contribution < -0.4 is 10.6 Å². The Kier molecular flexibility index (Phi) is 5.69. The van der Waals surface area contributed by atoms with Crippen LogP contribution in [0, 0.1) is 5.92 Å². The molecule has 0 aromatic rings. The first kappa shape index (κ1) is 12.5. The van der Waals surface area contributed by atoms with Crippen LogP contribution in [0.1, 0.15) is 46.0 Å². The third-order valence-electron chi connectivity index (χ3n) is 3.24. The molecule has 2 atom stereocenters. The first-order valence-electron chi connectivity index (χ1n) is 6.24. The van der Waals surface area contributed by atoms with Gasteiger partial charge < -0.3 is 10.6 Å². The van der Waals surface area contributed by atoms with Gasteiger partial charge in [0.25, 0.3) is 0 Å². The molecule has 0 bridgehead atoms. The SMILES string of the molecule is CCNCCC(=O)NC1CCCCC1C. The highest BCUT2D eigenvalue weighted by atomic mass is 16.1. The molecule has 1 saturated carbocycles. The van der Waals surface area contributed by atoms with Gasteiger partial charge in [0.15, 0.2) is 0 Å². The second kappa shape index (κ2) is 6.83. The highest BCUT2D eigenvalue weighted by Crippen LogP contribution is 2.23. The molecule has 0 saturated heterocycles. The van der Waals surface area contributed by atoms with Gasteiger partial charge in [0, 0.05) is 19.0 Å². The Morgan fingerprint density at radius 2 is 2.07 bits per heavy atom. The van der Waals surface area contributed by atoms with Gasteiger partial charge in [-0.3, -0.25) is 4.79 Å². The van der Waals surface area contributed by atoms with E-state index in [4.69, 9.17) is 0 Å². The number of carbonyl (C=O) groups excluding carboxylic acids is 1. The number of hydrogen-bond acceptors (Lipinski definition) is 2. The zero-order valence-corrected chi connectivity index (χ0v) is 10.0. The summed E-state index contributed by atoms with van der Waals surface area (Å²) in [7, 11) is 0. The number of nitrogens with one attached hydrogen (secondary N) is 2. The molecule has 1 aliphatic rings. The Labute approximate surface area is 93.0 Å². The van der Waals surface area contributed by atoms with Crippen LogP contribution in [-0.4, -0.2) is 25.0 Å². The topological polar surface area (TPSA) is 41.1 Å². The lowest BCUT2D eigenvalue weighted by atomic mass is 9.86. The van der Waals surface area contributed by atoms with Crippen LogP contribution in [0.3, 0.4) is 0 Å². The van der Waals surface area contributed by atoms with Crippen molar-refractivity contribution in [2.24, 2.45) is 5.92 Å². The molecule has 0 aromatic carbocycles. The summed E-state index contributed by atoms with van der Waals surface area (Å²) < 4.78 is 0. The second-order valence-corrected chi connectivity index (χ2v) is 4.54. The van der Waals surface area contributed by atoms with Crippen molar-refractivity contribution in [1.29, 1.82) is 0 Å². The van der Waals surface area contributed by atoms with Crippen LogP contribution in [0.5, 0.6) is 0 Å². The molecule has 1 aliphatic carbocycles. The first-order valence-corrected chi connectivity index (χ1v) is 6.24. The van der Waals surface area contributed by atoms with Gasteiger partial charge in [-0.2, -0.15) is 0 Å². The quantitative estimate of drug-likeness (QED) is 0.681. The Bertz CT molecular complexity index is 194. The van der Waals surface area contributed by atoms with Gasteiger partial charge in [-0.25, -0.2) is 0 Å². The van der Waals surface area contributed by atoms with Crippen molar-refractivity contribution < 1.29 is 4.79 Å². The van der Waals surface area contributed by atoms with Crippen LogP contribution in [-0.2, 0) is 4.79 Å². The first-order chi connectivity index (χ1) is 7.24. The molecule has 0 radical (unpaired) electrons. The number of hydrogen-bond donors (Lipinski definition) is 2. The molecule has 1 rings (SSSR count). The fourth-order valence-electron chi connectivity index (χ4n) is 2.19. The fourth-order valence-corrected chi connectivity index (χ4v) is 2.19. The number of rotatable bonds is 5. The van der Waals surface area contributed by atoms with Crippen molar-refractivity contribution in [3.63, 3.8) is 0 Å². The minimum absolute atomic E-state index is 0.203. The Morgan fingerprint density at radius 3 is 2.73 bits per heavy atom. The average molecular weight is 212 g/mol. The zero-order valence-electron chi connectivity index (χ0n) is 10.0. The Morgan fingerprint density at radius 1 is 1.33 bits per heavy atom. The molecule has 88 valence electrons. The third-order valence-corrected chi connectivity index (χ3v) is 3.24. The van der Waals surface area contributed by atoms with Crippen molar-refractivity contribution in [1.82, 2.24) is 10.6 Å². The van der Waals surface area contributed by atoms with E-state index in [0.29, 0.717) is 18.4 Å². The molecule has 0 spiro atoms.